The predicted octanol–water partition coefficient (Wildman–Crippen LogP) is 4.87. The van der Waals surface area contributed by atoms with Crippen molar-refractivity contribution in [3.8, 4) is 11.5 Å². The maximum Gasteiger partial charge on any atom is 0.347 e. The lowest BCUT2D eigenvalue weighted by molar-refractivity contribution is 0.102. The van der Waals surface area contributed by atoms with Crippen molar-refractivity contribution >= 4 is 38.4 Å². The van der Waals surface area contributed by atoms with Crippen molar-refractivity contribution in [2.45, 2.75) is 0 Å². The molecule has 4 aromatic rings. The van der Waals surface area contributed by atoms with Gasteiger partial charge in [-0.25, -0.2) is 9.78 Å². The summed E-state index contributed by atoms with van der Waals surface area (Å²) < 4.78 is 6.05. The van der Waals surface area contributed by atoms with E-state index in [0.29, 0.717) is 27.7 Å². The van der Waals surface area contributed by atoms with E-state index in [4.69, 9.17) is 4.42 Å². The second kappa shape index (κ2) is 7.17. The largest absolute Gasteiger partial charge is 0.403 e. The van der Waals surface area contributed by atoms with E-state index >= 15 is 0 Å². The van der Waals surface area contributed by atoms with Crippen LogP contribution in [0.1, 0.15) is 10.4 Å². The summed E-state index contributed by atoms with van der Waals surface area (Å²) in [5, 5.41) is 3.28. The Hall–Kier alpha value is -3.25. The molecule has 6 heteroatoms. The zero-order chi connectivity index (χ0) is 18.8. The second-order valence-corrected chi connectivity index (χ2v) is 6.69. The Bertz CT molecular complexity index is 1200. The molecule has 0 unspecified atom stereocenters. The molecule has 1 aromatic heterocycles. The molecule has 0 aliphatic carbocycles. The molecule has 3 aromatic carbocycles. The zero-order valence-electron chi connectivity index (χ0n) is 14.0. The van der Waals surface area contributed by atoms with Crippen molar-refractivity contribution < 1.29 is 9.21 Å². The summed E-state index contributed by atoms with van der Waals surface area (Å²) in [4.78, 5) is 28.9. The number of amides is 1. The van der Waals surface area contributed by atoms with Crippen molar-refractivity contribution in [3.05, 3.63) is 93.3 Å². The number of aromatic nitrogens is 1. The lowest BCUT2D eigenvalue weighted by Gasteiger charge is -2.07. The highest BCUT2D eigenvalue weighted by atomic mass is 79.9. The summed E-state index contributed by atoms with van der Waals surface area (Å²) in [6, 6.07) is 21.2. The number of hydrogen-bond donors (Lipinski definition) is 1. The maximum absolute atomic E-state index is 12.4. The fraction of sp³-hybridized carbons (Fsp3) is 0. The first-order valence-electron chi connectivity index (χ1n) is 8.18. The third-order valence-electron chi connectivity index (χ3n) is 4.04. The average Bonchev–Trinajstić information content (AvgIpc) is 2.69. The van der Waals surface area contributed by atoms with Gasteiger partial charge in [0.1, 0.15) is 0 Å². The van der Waals surface area contributed by atoms with E-state index in [9.17, 15) is 9.59 Å². The number of benzene rings is 3. The molecule has 0 spiro atoms. The third kappa shape index (κ3) is 3.52. The van der Waals surface area contributed by atoms with E-state index in [0.717, 1.165) is 4.47 Å². The number of nitrogens with zero attached hydrogens (tertiary/aromatic N) is 1. The van der Waals surface area contributed by atoms with Gasteiger partial charge in [-0.3, -0.25) is 4.79 Å². The molecule has 132 valence electrons. The molecule has 0 atom stereocenters. The molecule has 0 saturated heterocycles. The Morgan fingerprint density at radius 3 is 2.41 bits per heavy atom. The topological polar surface area (TPSA) is 72.2 Å². The number of anilines is 1. The number of halogens is 1. The molecule has 0 aliphatic rings. The molecule has 0 saturated carbocycles. The van der Waals surface area contributed by atoms with Crippen LogP contribution in [0.2, 0.25) is 0 Å². The van der Waals surface area contributed by atoms with E-state index < -0.39 is 5.63 Å². The molecule has 1 heterocycles. The second-order valence-electron chi connectivity index (χ2n) is 5.83. The van der Waals surface area contributed by atoms with Gasteiger partial charge >= 0.3 is 5.63 Å². The van der Waals surface area contributed by atoms with E-state index in [1.165, 1.54) is 0 Å². The number of carbonyl (C=O) groups is 1. The molecular formula is C21H13BrN2O3. The van der Waals surface area contributed by atoms with Crippen LogP contribution >= 0.6 is 15.9 Å². The van der Waals surface area contributed by atoms with Crippen LogP contribution in [0.4, 0.5) is 5.69 Å². The first-order valence-corrected chi connectivity index (χ1v) is 8.97. The summed E-state index contributed by atoms with van der Waals surface area (Å²) in [6.45, 7) is 0. The van der Waals surface area contributed by atoms with Crippen molar-refractivity contribution in [2.75, 3.05) is 5.32 Å². The van der Waals surface area contributed by atoms with Crippen LogP contribution in [0.15, 0.2) is 86.5 Å². The van der Waals surface area contributed by atoms with Crippen molar-refractivity contribution in [1.82, 2.24) is 4.98 Å². The summed E-state index contributed by atoms with van der Waals surface area (Å²) >= 11 is 3.37. The van der Waals surface area contributed by atoms with Gasteiger partial charge in [0.15, 0.2) is 0 Å². The minimum absolute atomic E-state index is 0.217. The quantitative estimate of drug-likeness (QED) is 0.513. The Kier molecular flexibility index (Phi) is 4.56. The van der Waals surface area contributed by atoms with E-state index in [2.05, 4.69) is 26.2 Å². The van der Waals surface area contributed by atoms with Crippen LogP contribution < -0.4 is 10.9 Å². The molecular weight excluding hydrogens is 408 g/mol. The summed E-state index contributed by atoms with van der Waals surface area (Å²) in [5.41, 5.74) is 1.97. The fourth-order valence-electron chi connectivity index (χ4n) is 2.68. The van der Waals surface area contributed by atoms with Gasteiger partial charge in [-0.1, -0.05) is 24.3 Å². The van der Waals surface area contributed by atoms with Crippen molar-refractivity contribution in [1.29, 1.82) is 0 Å². The monoisotopic (exact) mass is 420 g/mol. The number of nitrogens with one attached hydrogen (secondary N) is 1. The Morgan fingerprint density at radius 1 is 0.926 bits per heavy atom. The molecule has 0 aliphatic heterocycles. The smallest absolute Gasteiger partial charge is 0.347 e. The van der Waals surface area contributed by atoms with Crippen molar-refractivity contribution in [2.24, 2.45) is 0 Å². The molecule has 1 N–H and O–H groups in total. The van der Waals surface area contributed by atoms with Crippen LogP contribution in [-0.4, -0.2) is 10.9 Å². The van der Waals surface area contributed by atoms with E-state index in [1.807, 2.05) is 18.2 Å². The van der Waals surface area contributed by atoms with Crippen LogP contribution in [0.5, 0.6) is 0 Å². The molecule has 0 bridgehead atoms. The molecule has 1 amide bonds. The molecule has 5 nitrogen and oxygen atoms in total. The third-order valence-corrected chi connectivity index (χ3v) is 4.74. The average molecular weight is 421 g/mol. The zero-order valence-corrected chi connectivity index (χ0v) is 15.6. The van der Waals surface area contributed by atoms with Gasteiger partial charge < -0.3 is 9.73 Å². The normalized spacial score (nSPS) is 10.7. The first-order chi connectivity index (χ1) is 13.1. The SMILES string of the molecule is O=C(Nc1ccc(-c2nc3ccccc3c(=O)o2)cc1)c1ccccc1Br. The van der Waals surface area contributed by atoms with Gasteiger partial charge in [0, 0.05) is 15.7 Å². The number of hydrogen-bond acceptors (Lipinski definition) is 4. The van der Waals surface area contributed by atoms with Crippen LogP contribution in [0, 0.1) is 0 Å². The van der Waals surface area contributed by atoms with Gasteiger partial charge in [0.2, 0.25) is 5.89 Å². The molecule has 0 fully saturated rings. The number of rotatable bonds is 3. The maximum atomic E-state index is 12.4. The standard InChI is InChI=1S/C21H13BrN2O3/c22-17-7-3-1-5-15(17)19(25)23-14-11-9-13(10-12-14)20-24-18-8-4-2-6-16(18)21(26)27-20/h1-12H,(H,23,25). The summed E-state index contributed by atoms with van der Waals surface area (Å²) in [7, 11) is 0. The molecule has 27 heavy (non-hydrogen) atoms. The Morgan fingerprint density at radius 2 is 1.63 bits per heavy atom. The lowest BCUT2D eigenvalue weighted by Crippen LogP contribution is -2.12. The highest BCUT2D eigenvalue weighted by molar-refractivity contribution is 9.10. The van der Waals surface area contributed by atoms with Crippen LogP contribution in [0.25, 0.3) is 22.4 Å². The highest BCUT2D eigenvalue weighted by Gasteiger charge is 2.11. The summed E-state index contributed by atoms with van der Waals surface area (Å²) in [6.07, 6.45) is 0. The van der Waals surface area contributed by atoms with Gasteiger partial charge in [-0.15, -0.1) is 0 Å². The molecule has 4 rings (SSSR count). The van der Waals surface area contributed by atoms with Crippen molar-refractivity contribution in [3.63, 3.8) is 0 Å². The Labute approximate surface area is 162 Å². The molecule has 0 radical (unpaired) electrons. The lowest BCUT2D eigenvalue weighted by atomic mass is 10.1. The highest BCUT2D eigenvalue weighted by Crippen LogP contribution is 2.22. The number of para-hydroxylation sites is 1. The fourth-order valence-corrected chi connectivity index (χ4v) is 3.15. The van der Waals surface area contributed by atoms with Crippen LogP contribution in [-0.2, 0) is 0 Å². The van der Waals surface area contributed by atoms with Crippen LogP contribution in [0.3, 0.4) is 0 Å². The van der Waals surface area contributed by atoms with E-state index in [-0.39, 0.29) is 11.8 Å². The van der Waals surface area contributed by atoms with Gasteiger partial charge in [0.05, 0.1) is 16.5 Å². The first kappa shape index (κ1) is 17.2. The Balaban J connectivity index is 1.60. The number of carbonyl (C=O) groups excluding carboxylic acids is 1. The van der Waals surface area contributed by atoms with Gasteiger partial charge in [0.25, 0.3) is 5.91 Å². The van der Waals surface area contributed by atoms with E-state index in [1.54, 1.807) is 54.6 Å². The van der Waals surface area contributed by atoms with Gasteiger partial charge in [-0.05, 0) is 64.5 Å². The minimum Gasteiger partial charge on any atom is -0.403 e. The van der Waals surface area contributed by atoms with Gasteiger partial charge in [-0.2, -0.15) is 0 Å². The predicted molar refractivity (Wildman–Crippen MR) is 108 cm³/mol. The summed E-state index contributed by atoms with van der Waals surface area (Å²) in [5.74, 6) is 0.0213. The number of fused-ring (bicyclic) bond motifs is 1. The minimum atomic E-state index is -0.429.